The van der Waals surface area contributed by atoms with Crippen molar-refractivity contribution in [1.82, 2.24) is 0 Å². The molecule has 2 heteroatoms. The zero-order valence-electron chi connectivity index (χ0n) is 22.6. The first kappa shape index (κ1) is 28.8. The molecule has 0 fully saturated rings. The number of benzene rings is 1. The molecule has 0 saturated heterocycles. The fourth-order valence-electron chi connectivity index (χ4n) is 5.41. The predicted molar refractivity (Wildman–Crippen MR) is 148 cm³/mol. The van der Waals surface area contributed by atoms with Gasteiger partial charge in [-0.25, -0.2) is 4.99 Å². The SMILES string of the molecule is CCCCCCCCCCC(CCCCCCCCCC)CCCc1ccc2c(c1)=NC(=O)C=2. The van der Waals surface area contributed by atoms with Gasteiger partial charge in [-0.2, -0.15) is 0 Å². The molecular formula is C32H53NO. The molecule has 0 aliphatic carbocycles. The van der Waals surface area contributed by atoms with E-state index in [0.717, 1.165) is 22.9 Å². The van der Waals surface area contributed by atoms with Crippen molar-refractivity contribution in [1.29, 1.82) is 0 Å². The highest BCUT2D eigenvalue weighted by atomic mass is 16.1. The van der Waals surface area contributed by atoms with Crippen LogP contribution >= 0.6 is 0 Å². The van der Waals surface area contributed by atoms with E-state index in [4.69, 9.17) is 0 Å². The van der Waals surface area contributed by atoms with Gasteiger partial charge in [0, 0.05) is 11.3 Å². The second-order valence-electron chi connectivity index (χ2n) is 10.8. The van der Waals surface area contributed by atoms with E-state index in [0.29, 0.717) is 0 Å². The van der Waals surface area contributed by atoms with Crippen molar-refractivity contribution in [2.75, 3.05) is 0 Å². The Kier molecular flexibility index (Phi) is 16.0. The molecule has 0 bridgehead atoms. The monoisotopic (exact) mass is 467 g/mol. The van der Waals surface area contributed by atoms with Crippen molar-refractivity contribution in [3.05, 3.63) is 34.3 Å². The number of hydrogen-bond donors (Lipinski definition) is 0. The minimum absolute atomic E-state index is 0.108. The summed E-state index contributed by atoms with van der Waals surface area (Å²) in [6.07, 6.45) is 30.9. The van der Waals surface area contributed by atoms with Crippen molar-refractivity contribution in [2.24, 2.45) is 10.9 Å². The normalized spacial score (nSPS) is 12.7. The van der Waals surface area contributed by atoms with E-state index in [1.807, 2.05) is 0 Å². The maximum atomic E-state index is 11.5. The van der Waals surface area contributed by atoms with Crippen LogP contribution in [0.25, 0.3) is 6.08 Å². The van der Waals surface area contributed by atoms with E-state index in [2.05, 4.69) is 37.0 Å². The Bertz CT molecular complexity index is 761. The van der Waals surface area contributed by atoms with Gasteiger partial charge in [0.05, 0.1) is 5.36 Å². The smallest absolute Gasteiger partial charge is 0.267 e. The Morgan fingerprint density at radius 1 is 0.647 bits per heavy atom. The van der Waals surface area contributed by atoms with Crippen LogP contribution in [0.15, 0.2) is 23.2 Å². The second kappa shape index (κ2) is 18.8. The lowest BCUT2D eigenvalue weighted by molar-refractivity contribution is -0.112. The molecule has 1 amide bonds. The Labute approximate surface area is 210 Å². The van der Waals surface area contributed by atoms with Crippen LogP contribution in [0.3, 0.4) is 0 Å². The van der Waals surface area contributed by atoms with Crippen LogP contribution in [0.5, 0.6) is 0 Å². The molecular weight excluding hydrogens is 414 g/mol. The zero-order chi connectivity index (χ0) is 24.3. The molecule has 0 spiro atoms. The van der Waals surface area contributed by atoms with Crippen LogP contribution in [0.2, 0.25) is 0 Å². The van der Waals surface area contributed by atoms with Crippen LogP contribution in [0.4, 0.5) is 0 Å². The summed E-state index contributed by atoms with van der Waals surface area (Å²) in [5, 5.41) is 1.85. The molecule has 1 aliphatic rings. The Morgan fingerprint density at radius 2 is 1.15 bits per heavy atom. The lowest BCUT2D eigenvalue weighted by Crippen LogP contribution is -2.21. The minimum atomic E-state index is -0.108. The molecule has 0 atom stereocenters. The number of unbranched alkanes of at least 4 members (excludes halogenated alkanes) is 14. The molecule has 1 aromatic rings. The topological polar surface area (TPSA) is 29.4 Å². The van der Waals surface area contributed by atoms with E-state index < -0.39 is 0 Å². The van der Waals surface area contributed by atoms with Crippen molar-refractivity contribution < 1.29 is 4.79 Å². The average Bonchev–Trinajstić information content (AvgIpc) is 3.21. The first-order valence-corrected chi connectivity index (χ1v) is 15.0. The highest BCUT2D eigenvalue weighted by Crippen LogP contribution is 2.24. The second-order valence-corrected chi connectivity index (χ2v) is 10.8. The van der Waals surface area contributed by atoms with Gasteiger partial charge in [-0.3, -0.25) is 4.79 Å². The van der Waals surface area contributed by atoms with Crippen LogP contribution in [-0.4, -0.2) is 5.91 Å². The quantitative estimate of drug-likeness (QED) is 0.157. The summed E-state index contributed by atoms with van der Waals surface area (Å²) in [5.74, 6) is 0.789. The molecule has 1 heterocycles. The van der Waals surface area contributed by atoms with Crippen molar-refractivity contribution >= 4 is 12.0 Å². The molecule has 192 valence electrons. The highest BCUT2D eigenvalue weighted by Gasteiger charge is 2.10. The number of aryl methyl sites for hydroxylation is 1. The molecule has 0 unspecified atom stereocenters. The Hall–Kier alpha value is -1.44. The molecule has 0 N–H and O–H groups in total. The Balaban J connectivity index is 1.67. The van der Waals surface area contributed by atoms with Gasteiger partial charge in [-0.15, -0.1) is 0 Å². The first-order chi connectivity index (χ1) is 16.7. The summed E-state index contributed by atoms with van der Waals surface area (Å²) in [6.45, 7) is 4.59. The van der Waals surface area contributed by atoms with Crippen molar-refractivity contribution in [2.45, 2.75) is 149 Å². The third kappa shape index (κ3) is 12.9. The third-order valence-electron chi connectivity index (χ3n) is 7.61. The van der Waals surface area contributed by atoms with Gasteiger partial charge in [0.15, 0.2) is 0 Å². The summed E-state index contributed by atoms with van der Waals surface area (Å²) in [5.41, 5.74) is 1.34. The summed E-state index contributed by atoms with van der Waals surface area (Å²) in [6, 6.07) is 6.38. The molecule has 2 rings (SSSR count). The molecule has 2 nitrogen and oxygen atoms in total. The summed E-state index contributed by atoms with van der Waals surface area (Å²) >= 11 is 0. The van der Waals surface area contributed by atoms with Crippen LogP contribution in [0, 0.1) is 5.92 Å². The molecule has 1 aromatic carbocycles. The van der Waals surface area contributed by atoms with Gasteiger partial charge >= 0.3 is 0 Å². The Morgan fingerprint density at radius 3 is 1.71 bits per heavy atom. The number of nitrogens with zero attached hydrogens (tertiary/aromatic N) is 1. The fraction of sp³-hybridized carbons (Fsp3) is 0.750. The molecule has 0 aromatic heterocycles. The predicted octanol–water partition coefficient (Wildman–Crippen LogP) is 8.63. The van der Waals surface area contributed by atoms with Gasteiger partial charge in [0.2, 0.25) is 0 Å². The standard InChI is InChI=1S/C32H53NO/c1-3-5-7-9-11-13-15-17-20-28(21-18-16-14-12-10-8-6-4-2)22-19-23-29-24-25-30-27-32(34)33-31(30)26-29/h24-28H,3-23H2,1-2H3. The highest BCUT2D eigenvalue weighted by molar-refractivity contribution is 6.06. The molecule has 34 heavy (non-hydrogen) atoms. The summed E-state index contributed by atoms with van der Waals surface area (Å²) < 4.78 is 0. The van der Waals surface area contributed by atoms with E-state index in [1.165, 1.54) is 134 Å². The lowest BCUT2D eigenvalue weighted by atomic mass is 9.89. The number of carbonyl (C=O) groups is 1. The molecule has 0 radical (unpaired) electrons. The number of hydrogen-bond acceptors (Lipinski definition) is 1. The number of carbonyl (C=O) groups excluding carboxylic acids is 1. The van der Waals surface area contributed by atoms with Gasteiger partial charge in [0.25, 0.3) is 5.91 Å². The first-order valence-electron chi connectivity index (χ1n) is 15.0. The average molecular weight is 468 g/mol. The summed E-state index contributed by atoms with van der Waals surface area (Å²) in [7, 11) is 0. The minimum Gasteiger partial charge on any atom is -0.267 e. The van der Waals surface area contributed by atoms with E-state index in [9.17, 15) is 4.79 Å². The van der Waals surface area contributed by atoms with Gasteiger partial charge in [-0.05, 0) is 30.4 Å². The van der Waals surface area contributed by atoms with Gasteiger partial charge < -0.3 is 0 Å². The van der Waals surface area contributed by atoms with E-state index in [-0.39, 0.29) is 5.91 Å². The summed E-state index contributed by atoms with van der Waals surface area (Å²) in [4.78, 5) is 15.6. The van der Waals surface area contributed by atoms with Crippen molar-refractivity contribution in [3.63, 3.8) is 0 Å². The fourth-order valence-corrected chi connectivity index (χ4v) is 5.41. The number of rotatable bonds is 22. The maximum Gasteiger partial charge on any atom is 0.270 e. The van der Waals surface area contributed by atoms with Crippen LogP contribution in [-0.2, 0) is 11.2 Å². The van der Waals surface area contributed by atoms with Gasteiger partial charge in [0.1, 0.15) is 0 Å². The number of fused-ring (bicyclic) bond motifs is 1. The third-order valence-corrected chi connectivity index (χ3v) is 7.61. The zero-order valence-corrected chi connectivity index (χ0v) is 22.6. The van der Waals surface area contributed by atoms with Crippen molar-refractivity contribution in [3.8, 4) is 0 Å². The maximum absolute atomic E-state index is 11.5. The largest absolute Gasteiger partial charge is 0.270 e. The van der Waals surface area contributed by atoms with E-state index in [1.54, 1.807) is 6.08 Å². The molecule has 1 aliphatic heterocycles. The van der Waals surface area contributed by atoms with E-state index >= 15 is 0 Å². The molecule has 0 saturated carbocycles. The van der Waals surface area contributed by atoms with Crippen LogP contribution < -0.4 is 10.6 Å². The van der Waals surface area contributed by atoms with Gasteiger partial charge in [-0.1, -0.05) is 148 Å². The number of amides is 1. The lowest BCUT2D eigenvalue weighted by Gasteiger charge is -2.17. The van der Waals surface area contributed by atoms with Crippen LogP contribution in [0.1, 0.15) is 148 Å².